The summed E-state index contributed by atoms with van der Waals surface area (Å²) in [5.41, 5.74) is -0.445. The van der Waals surface area contributed by atoms with Gasteiger partial charge in [0.25, 0.3) is 0 Å². The molecule has 0 aromatic heterocycles. The van der Waals surface area contributed by atoms with E-state index in [0.717, 1.165) is 12.1 Å². The normalized spacial score (nSPS) is 13.5. The van der Waals surface area contributed by atoms with Crippen LogP contribution in [0.4, 0.5) is 8.78 Å². The highest BCUT2D eigenvalue weighted by molar-refractivity contribution is 5.78. The van der Waals surface area contributed by atoms with Gasteiger partial charge < -0.3 is 10.4 Å². The molecule has 0 saturated heterocycles. The van der Waals surface area contributed by atoms with Crippen LogP contribution in [0.2, 0.25) is 0 Å². The lowest BCUT2D eigenvalue weighted by molar-refractivity contribution is -0.121. The fraction of sp³-hybridized carbons (Fsp3) is 0.235. The summed E-state index contributed by atoms with van der Waals surface area (Å²) in [4.78, 5) is 11.8. The van der Waals surface area contributed by atoms with Crippen LogP contribution in [-0.4, -0.2) is 17.6 Å². The molecule has 0 radical (unpaired) electrons. The van der Waals surface area contributed by atoms with Gasteiger partial charge in [-0.2, -0.15) is 0 Å². The van der Waals surface area contributed by atoms with Crippen LogP contribution in [0.25, 0.3) is 0 Å². The standard InChI is InChI=1S/C17H17F2NO2/c1-17(22,13-5-3-2-4-6-13)11-20-16(21)9-12-7-8-14(18)10-15(12)19/h2-8,10,22H,9,11H2,1H3,(H,20,21). The minimum atomic E-state index is -1.22. The monoisotopic (exact) mass is 305 g/mol. The minimum absolute atomic E-state index is 0.00133. The van der Waals surface area contributed by atoms with Crippen LogP contribution >= 0.6 is 0 Å². The lowest BCUT2D eigenvalue weighted by Crippen LogP contribution is -2.39. The van der Waals surface area contributed by atoms with Gasteiger partial charge in [0, 0.05) is 6.07 Å². The van der Waals surface area contributed by atoms with E-state index in [-0.39, 0.29) is 18.5 Å². The zero-order valence-corrected chi connectivity index (χ0v) is 12.1. The fourth-order valence-electron chi connectivity index (χ4n) is 2.07. The maximum Gasteiger partial charge on any atom is 0.224 e. The molecule has 0 spiro atoms. The molecule has 22 heavy (non-hydrogen) atoms. The maximum atomic E-state index is 13.5. The Hall–Kier alpha value is -2.27. The minimum Gasteiger partial charge on any atom is -0.384 e. The molecule has 1 atom stereocenters. The second kappa shape index (κ2) is 6.66. The lowest BCUT2D eigenvalue weighted by atomic mass is 9.96. The van der Waals surface area contributed by atoms with Crippen molar-refractivity contribution in [3.8, 4) is 0 Å². The third-order valence-corrected chi connectivity index (χ3v) is 3.39. The number of hydrogen-bond donors (Lipinski definition) is 2. The summed E-state index contributed by atoms with van der Waals surface area (Å²) in [5.74, 6) is -1.89. The van der Waals surface area contributed by atoms with E-state index in [2.05, 4.69) is 5.32 Å². The zero-order valence-electron chi connectivity index (χ0n) is 12.1. The van der Waals surface area contributed by atoms with Crippen LogP contribution in [-0.2, 0) is 16.8 Å². The molecule has 0 aliphatic rings. The summed E-state index contributed by atoms with van der Waals surface area (Å²) in [7, 11) is 0. The SMILES string of the molecule is CC(O)(CNC(=O)Cc1ccc(F)cc1F)c1ccccc1. The zero-order chi connectivity index (χ0) is 16.2. The number of rotatable bonds is 5. The van der Waals surface area contributed by atoms with Crippen molar-refractivity contribution in [1.29, 1.82) is 0 Å². The molecule has 3 nitrogen and oxygen atoms in total. The number of carbonyl (C=O) groups is 1. The number of aliphatic hydroxyl groups is 1. The van der Waals surface area contributed by atoms with Gasteiger partial charge in [-0.1, -0.05) is 36.4 Å². The van der Waals surface area contributed by atoms with Gasteiger partial charge in [-0.25, -0.2) is 8.78 Å². The van der Waals surface area contributed by atoms with Crippen LogP contribution in [0, 0.1) is 11.6 Å². The molecule has 5 heteroatoms. The van der Waals surface area contributed by atoms with E-state index >= 15 is 0 Å². The van der Waals surface area contributed by atoms with Crippen molar-refractivity contribution in [1.82, 2.24) is 5.32 Å². The van der Waals surface area contributed by atoms with Crippen molar-refractivity contribution in [3.05, 3.63) is 71.3 Å². The number of benzene rings is 2. The predicted molar refractivity (Wildman–Crippen MR) is 79.1 cm³/mol. The molecule has 2 aromatic carbocycles. The van der Waals surface area contributed by atoms with Crippen LogP contribution in [0.3, 0.4) is 0 Å². The summed E-state index contributed by atoms with van der Waals surface area (Å²) < 4.78 is 26.3. The van der Waals surface area contributed by atoms with Gasteiger partial charge >= 0.3 is 0 Å². The van der Waals surface area contributed by atoms with E-state index in [4.69, 9.17) is 0 Å². The Balaban J connectivity index is 1.95. The molecular formula is C17H17F2NO2. The number of hydrogen-bond acceptors (Lipinski definition) is 2. The molecule has 0 aliphatic carbocycles. The second-order valence-corrected chi connectivity index (χ2v) is 5.33. The van der Waals surface area contributed by atoms with Gasteiger partial charge in [0.05, 0.1) is 13.0 Å². The van der Waals surface area contributed by atoms with E-state index in [9.17, 15) is 18.7 Å². The van der Waals surface area contributed by atoms with Gasteiger partial charge in [0.15, 0.2) is 0 Å². The van der Waals surface area contributed by atoms with Gasteiger partial charge in [0.1, 0.15) is 17.2 Å². The molecule has 116 valence electrons. The third-order valence-electron chi connectivity index (χ3n) is 3.39. The molecule has 0 saturated carbocycles. The highest BCUT2D eigenvalue weighted by Gasteiger charge is 2.23. The summed E-state index contributed by atoms with van der Waals surface area (Å²) in [5, 5.41) is 12.9. The summed E-state index contributed by atoms with van der Waals surface area (Å²) in [6.07, 6.45) is -0.211. The fourth-order valence-corrected chi connectivity index (χ4v) is 2.07. The Kier molecular flexibility index (Phi) is 4.88. The molecule has 1 amide bonds. The van der Waals surface area contributed by atoms with E-state index in [1.165, 1.54) is 6.07 Å². The van der Waals surface area contributed by atoms with Crippen LogP contribution in [0.1, 0.15) is 18.1 Å². The first-order chi connectivity index (χ1) is 10.4. The van der Waals surface area contributed by atoms with Crippen LogP contribution in [0.5, 0.6) is 0 Å². The van der Waals surface area contributed by atoms with Crippen molar-refractivity contribution < 1.29 is 18.7 Å². The van der Waals surface area contributed by atoms with E-state index in [1.54, 1.807) is 31.2 Å². The van der Waals surface area contributed by atoms with Crippen molar-refractivity contribution in [3.63, 3.8) is 0 Å². The highest BCUT2D eigenvalue weighted by Crippen LogP contribution is 2.19. The van der Waals surface area contributed by atoms with E-state index in [0.29, 0.717) is 5.56 Å². The topological polar surface area (TPSA) is 49.3 Å². The Bertz CT molecular complexity index is 657. The van der Waals surface area contributed by atoms with Crippen molar-refractivity contribution in [2.24, 2.45) is 0 Å². The molecule has 0 aliphatic heterocycles. The number of halogens is 2. The quantitative estimate of drug-likeness (QED) is 0.892. The molecule has 0 heterocycles. The average Bonchev–Trinajstić information content (AvgIpc) is 2.49. The molecule has 2 rings (SSSR count). The highest BCUT2D eigenvalue weighted by atomic mass is 19.1. The number of carbonyl (C=O) groups excluding carboxylic acids is 1. The van der Waals surface area contributed by atoms with Crippen molar-refractivity contribution in [2.75, 3.05) is 6.54 Å². The first-order valence-electron chi connectivity index (χ1n) is 6.87. The van der Waals surface area contributed by atoms with E-state index < -0.39 is 23.1 Å². The Labute approximate surface area is 127 Å². The summed E-state index contributed by atoms with van der Waals surface area (Å²) in [6, 6.07) is 12.0. The molecule has 1 unspecified atom stereocenters. The van der Waals surface area contributed by atoms with Crippen molar-refractivity contribution >= 4 is 5.91 Å². The maximum absolute atomic E-state index is 13.5. The van der Waals surface area contributed by atoms with Crippen molar-refractivity contribution in [2.45, 2.75) is 18.9 Å². The number of nitrogens with one attached hydrogen (secondary N) is 1. The average molecular weight is 305 g/mol. The molecule has 2 aromatic rings. The van der Waals surface area contributed by atoms with E-state index in [1.807, 2.05) is 6.07 Å². The van der Waals surface area contributed by atoms with Gasteiger partial charge in [-0.15, -0.1) is 0 Å². The Morgan fingerprint density at radius 2 is 1.86 bits per heavy atom. The molecular weight excluding hydrogens is 288 g/mol. The molecule has 2 N–H and O–H groups in total. The van der Waals surface area contributed by atoms with Gasteiger partial charge in [-0.3, -0.25) is 4.79 Å². The molecule has 0 fully saturated rings. The summed E-state index contributed by atoms with van der Waals surface area (Å²) in [6.45, 7) is 1.58. The van der Waals surface area contributed by atoms with Gasteiger partial charge in [-0.05, 0) is 24.1 Å². The third kappa shape index (κ3) is 4.11. The Morgan fingerprint density at radius 3 is 2.50 bits per heavy atom. The molecule has 0 bridgehead atoms. The lowest BCUT2D eigenvalue weighted by Gasteiger charge is -2.24. The second-order valence-electron chi connectivity index (χ2n) is 5.33. The van der Waals surface area contributed by atoms with Crippen LogP contribution in [0.15, 0.2) is 48.5 Å². The first kappa shape index (κ1) is 16.1. The van der Waals surface area contributed by atoms with Crippen LogP contribution < -0.4 is 5.32 Å². The smallest absolute Gasteiger partial charge is 0.224 e. The Morgan fingerprint density at radius 1 is 1.18 bits per heavy atom. The number of amides is 1. The largest absolute Gasteiger partial charge is 0.384 e. The summed E-state index contributed by atoms with van der Waals surface area (Å²) >= 11 is 0. The predicted octanol–water partition coefficient (Wildman–Crippen LogP) is 2.53. The first-order valence-corrected chi connectivity index (χ1v) is 6.87. The van der Waals surface area contributed by atoms with Gasteiger partial charge in [0.2, 0.25) is 5.91 Å².